The Kier molecular flexibility index (Phi) is 4.12. The molecule has 0 saturated carbocycles. The lowest BCUT2D eigenvalue weighted by Crippen LogP contribution is -2.13. The Bertz CT molecular complexity index is 1140. The standard InChI is InChI=1S/C20H18N4O3/c1-12-22-23-20(27-12)13-7-8-18(26-3)16(11-13)21-19(25)15-5-4-6-17-14(15)9-10-24(17)2/h4-11H,1-3H3,(H,21,25). The van der Waals surface area contributed by atoms with Crippen molar-refractivity contribution in [3.8, 4) is 17.2 Å². The molecule has 0 aliphatic carbocycles. The minimum Gasteiger partial charge on any atom is -0.495 e. The van der Waals surface area contributed by atoms with Crippen molar-refractivity contribution in [2.45, 2.75) is 6.92 Å². The SMILES string of the molecule is COc1ccc(-c2nnc(C)o2)cc1NC(=O)c1cccc2c1ccn2C. The molecular formula is C20H18N4O3. The summed E-state index contributed by atoms with van der Waals surface area (Å²) in [4.78, 5) is 12.9. The van der Waals surface area contributed by atoms with E-state index in [0.717, 1.165) is 10.9 Å². The molecule has 0 aliphatic rings. The van der Waals surface area contributed by atoms with Crippen molar-refractivity contribution in [1.82, 2.24) is 14.8 Å². The number of carbonyl (C=O) groups is 1. The maximum Gasteiger partial charge on any atom is 0.256 e. The number of nitrogens with zero attached hydrogens (tertiary/aromatic N) is 3. The van der Waals surface area contributed by atoms with Crippen molar-refractivity contribution in [1.29, 1.82) is 0 Å². The van der Waals surface area contributed by atoms with E-state index in [0.29, 0.717) is 34.3 Å². The number of carbonyl (C=O) groups excluding carboxylic acids is 1. The van der Waals surface area contributed by atoms with Gasteiger partial charge in [-0.15, -0.1) is 10.2 Å². The molecule has 2 heterocycles. The van der Waals surface area contributed by atoms with Crippen LogP contribution in [-0.4, -0.2) is 27.8 Å². The molecule has 0 atom stereocenters. The van der Waals surface area contributed by atoms with E-state index in [4.69, 9.17) is 9.15 Å². The fourth-order valence-electron chi connectivity index (χ4n) is 3.04. The zero-order chi connectivity index (χ0) is 19.0. The summed E-state index contributed by atoms with van der Waals surface area (Å²) in [6, 6.07) is 12.9. The van der Waals surface area contributed by atoms with Crippen LogP contribution in [0.5, 0.6) is 5.75 Å². The summed E-state index contributed by atoms with van der Waals surface area (Å²) in [5.41, 5.74) is 2.81. The molecule has 27 heavy (non-hydrogen) atoms. The quantitative estimate of drug-likeness (QED) is 0.597. The van der Waals surface area contributed by atoms with Crippen molar-refractivity contribution < 1.29 is 13.9 Å². The van der Waals surface area contributed by atoms with E-state index in [1.54, 1.807) is 38.3 Å². The Morgan fingerprint density at radius 2 is 2.04 bits per heavy atom. The molecule has 2 aromatic carbocycles. The van der Waals surface area contributed by atoms with Crippen LogP contribution < -0.4 is 10.1 Å². The summed E-state index contributed by atoms with van der Waals surface area (Å²) in [7, 11) is 3.50. The second-order valence-corrected chi connectivity index (χ2v) is 6.16. The van der Waals surface area contributed by atoms with E-state index in [1.807, 2.05) is 36.0 Å². The fourth-order valence-corrected chi connectivity index (χ4v) is 3.04. The van der Waals surface area contributed by atoms with Gasteiger partial charge in [-0.25, -0.2) is 0 Å². The molecule has 7 heteroatoms. The third-order valence-electron chi connectivity index (χ3n) is 4.39. The molecule has 0 fully saturated rings. The van der Waals surface area contributed by atoms with Crippen molar-refractivity contribution in [3.05, 3.63) is 60.1 Å². The number of aromatic nitrogens is 3. The Morgan fingerprint density at radius 3 is 2.78 bits per heavy atom. The van der Waals surface area contributed by atoms with Gasteiger partial charge in [0.05, 0.1) is 12.8 Å². The first-order chi connectivity index (χ1) is 13.1. The zero-order valence-corrected chi connectivity index (χ0v) is 15.2. The van der Waals surface area contributed by atoms with Crippen LogP contribution in [0.3, 0.4) is 0 Å². The Balaban J connectivity index is 1.71. The summed E-state index contributed by atoms with van der Waals surface area (Å²) in [6.45, 7) is 1.73. The molecule has 7 nitrogen and oxygen atoms in total. The highest BCUT2D eigenvalue weighted by Gasteiger charge is 2.16. The minimum absolute atomic E-state index is 0.219. The first-order valence-corrected chi connectivity index (χ1v) is 8.41. The number of hydrogen-bond acceptors (Lipinski definition) is 5. The number of ether oxygens (including phenoxy) is 1. The zero-order valence-electron chi connectivity index (χ0n) is 15.2. The molecule has 0 aliphatic heterocycles. The van der Waals surface area contributed by atoms with Crippen LogP contribution in [0, 0.1) is 6.92 Å². The number of benzene rings is 2. The van der Waals surface area contributed by atoms with E-state index < -0.39 is 0 Å². The first-order valence-electron chi connectivity index (χ1n) is 8.41. The van der Waals surface area contributed by atoms with Crippen molar-refractivity contribution >= 4 is 22.5 Å². The molecule has 136 valence electrons. The van der Waals surface area contributed by atoms with Crippen LogP contribution in [-0.2, 0) is 7.05 Å². The molecule has 0 unspecified atom stereocenters. The Labute approximate surface area is 155 Å². The molecule has 0 spiro atoms. The number of hydrogen-bond donors (Lipinski definition) is 1. The van der Waals surface area contributed by atoms with Crippen LogP contribution in [0.4, 0.5) is 5.69 Å². The monoisotopic (exact) mass is 362 g/mol. The molecule has 0 saturated heterocycles. The van der Waals surface area contributed by atoms with Gasteiger partial charge in [0, 0.05) is 42.2 Å². The van der Waals surface area contributed by atoms with E-state index >= 15 is 0 Å². The normalized spacial score (nSPS) is 10.9. The molecule has 4 rings (SSSR count). The van der Waals surface area contributed by atoms with Gasteiger partial charge in [0.2, 0.25) is 11.8 Å². The van der Waals surface area contributed by atoms with E-state index in [1.165, 1.54) is 0 Å². The molecule has 1 N–H and O–H groups in total. The highest BCUT2D eigenvalue weighted by molar-refractivity contribution is 6.13. The lowest BCUT2D eigenvalue weighted by molar-refractivity contribution is 0.102. The number of nitrogens with one attached hydrogen (secondary N) is 1. The number of aryl methyl sites for hydroxylation is 2. The molecular weight excluding hydrogens is 344 g/mol. The molecule has 1 amide bonds. The van der Waals surface area contributed by atoms with Gasteiger partial charge in [-0.3, -0.25) is 4.79 Å². The summed E-state index contributed by atoms with van der Waals surface area (Å²) in [6.07, 6.45) is 1.93. The Morgan fingerprint density at radius 1 is 1.19 bits per heavy atom. The van der Waals surface area contributed by atoms with Crippen molar-refractivity contribution in [2.24, 2.45) is 7.05 Å². The highest BCUT2D eigenvalue weighted by Crippen LogP contribution is 2.31. The van der Waals surface area contributed by atoms with Gasteiger partial charge in [-0.2, -0.15) is 0 Å². The molecule has 2 aromatic heterocycles. The fraction of sp³-hybridized carbons (Fsp3) is 0.150. The number of anilines is 1. The molecule has 4 aromatic rings. The van der Waals surface area contributed by atoms with Crippen LogP contribution in [0.2, 0.25) is 0 Å². The van der Waals surface area contributed by atoms with Crippen LogP contribution in [0.15, 0.2) is 53.1 Å². The number of methoxy groups -OCH3 is 1. The van der Waals surface area contributed by atoms with Gasteiger partial charge in [-0.05, 0) is 36.4 Å². The lowest BCUT2D eigenvalue weighted by Gasteiger charge is -2.12. The largest absolute Gasteiger partial charge is 0.495 e. The number of rotatable bonds is 4. The first kappa shape index (κ1) is 16.8. The van der Waals surface area contributed by atoms with Crippen molar-refractivity contribution in [2.75, 3.05) is 12.4 Å². The van der Waals surface area contributed by atoms with Gasteiger partial charge in [0.15, 0.2) is 0 Å². The van der Waals surface area contributed by atoms with Crippen LogP contribution >= 0.6 is 0 Å². The average Bonchev–Trinajstić information content (AvgIpc) is 3.27. The van der Waals surface area contributed by atoms with E-state index in [2.05, 4.69) is 15.5 Å². The summed E-state index contributed by atoms with van der Waals surface area (Å²) in [5, 5.41) is 11.7. The molecule has 0 radical (unpaired) electrons. The maximum absolute atomic E-state index is 12.9. The third-order valence-corrected chi connectivity index (χ3v) is 4.39. The average molecular weight is 362 g/mol. The summed E-state index contributed by atoms with van der Waals surface area (Å²) < 4.78 is 12.8. The third kappa shape index (κ3) is 3.03. The van der Waals surface area contributed by atoms with Crippen LogP contribution in [0.25, 0.3) is 22.4 Å². The van der Waals surface area contributed by atoms with Crippen molar-refractivity contribution in [3.63, 3.8) is 0 Å². The van der Waals surface area contributed by atoms with Gasteiger partial charge in [-0.1, -0.05) is 6.07 Å². The minimum atomic E-state index is -0.219. The van der Waals surface area contributed by atoms with Gasteiger partial charge in [0.25, 0.3) is 5.91 Å². The Hall–Kier alpha value is -3.61. The van der Waals surface area contributed by atoms with Gasteiger partial charge < -0.3 is 19.0 Å². The second kappa shape index (κ2) is 6.60. The number of amides is 1. The number of fused-ring (bicyclic) bond motifs is 1. The smallest absolute Gasteiger partial charge is 0.256 e. The highest BCUT2D eigenvalue weighted by atomic mass is 16.5. The molecule has 0 bridgehead atoms. The topological polar surface area (TPSA) is 82.2 Å². The van der Waals surface area contributed by atoms with E-state index in [-0.39, 0.29) is 5.91 Å². The van der Waals surface area contributed by atoms with E-state index in [9.17, 15) is 4.79 Å². The predicted octanol–water partition coefficient (Wildman–Crippen LogP) is 3.80. The summed E-state index contributed by atoms with van der Waals surface area (Å²) >= 11 is 0. The summed E-state index contributed by atoms with van der Waals surface area (Å²) in [5.74, 6) is 1.19. The maximum atomic E-state index is 12.9. The second-order valence-electron chi connectivity index (χ2n) is 6.16. The van der Waals surface area contributed by atoms with Crippen LogP contribution in [0.1, 0.15) is 16.2 Å². The van der Waals surface area contributed by atoms with Gasteiger partial charge in [0.1, 0.15) is 5.75 Å². The van der Waals surface area contributed by atoms with Gasteiger partial charge >= 0.3 is 0 Å². The predicted molar refractivity (Wildman–Crippen MR) is 102 cm³/mol. The lowest BCUT2D eigenvalue weighted by atomic mass is 10.1.